The van der Waals surface area contributed by atoms with Gasteiger partial charge in [-0.2, -0.15) is 5.26 Å². The van der Waals surface area contributed by atoms with E-state index in [-0.39, 0.29) is 0 Å². The summed E-state index contributed by atoms with van der Waals surface area (Å²) in [6.45, 7) is 0. The summed E-state index contributed by atoms with van der Waals surface area (Å²) in [5.74, 6) is 1.54. The number of benzene rings is 2. The number of ether oxygens (including phenoxy) is 2. The Kier molecular flexibility index (Phi) is 4.83. The van der Waals surface area contributed by atoms with Crippen molar-refractivity contribution in [2.24, 2.45) is 4.99 Å². The van der Waals surface area contributed by atoms with Gasteiger partial charge in [0.1, 0.15) is 22.6 Å². The molecule has 2 aromatic carbocycles. The van der Waals surface area contributed by atoms with E-state index in [4.69, 9.17) is 14.5 Å². The molecule has 0 fully saturated rings. The molecule has 5 heteroatoms. The first kappa shape index (κ1) is 17.6. The van der Waals surface area contributed by atoms with Gasteiger partial charge in [0, 0.05) is 16.7 Å². The molecular formula is C22H20N2O2S. The maximum atomic E-state index is 9.64. The molecule has 1 aromatic heterocycles. The third kappa shape index (κ3) is 3.17. The third-order valence-electron chi connectivity index (χ3n) is 5.03. The van der Waals surface area contributed by atoms with Crippen LogP contribution in [0.5, 0.6) is 11.5 Å². The summed E-state index contributed by atoms with van der Waals surface area (Å²) >= 11 is 1.65. The number of nitrogens with zero attached hydrogens (tertiary/aromatic N) is 2. The number of nitriles is 1. The first-order chi connectivity index (χ1) is 13.2. The molecule has 0 N–H and O–H groups in total. The van der Waals surface area contributed by atoms with Crippen molar-refractivity contribution in [2.45, 2.75) is 25.7 Å². The fourth-order valence-corrected chi connectivity index (χ4v) is 4.80. The van der Waals surface area contributed by atoms with Crippen LogP contribution in [0.1, 0.15) is 34.4 Å². The Hall–Kier alpha value is -2.84. The van der Waals surface area contributed by atoms with Gasteiger partial charge in [-0.3, -0.25) is 0 Å². The lowest BCUT2D eigenvalue weighted by molar-refractivity contribution is 0.413. The van der Waals surface area contributed by atoms with Gasteiger partial charge < -0.3 is 9.47 Å². The zero-order valence-corrected chi connectivity index (χ0v) is 16.2. The molecule has 0 saturated carbocycles. The van der Waals surface area contributed by atoms with Gasteiger partial charge >= 0.3 is 0 Å². The third-order valence-corrected chi connectivity index (χ3v) is 6.23. The zero-order chi connectivity index (χ0) is 18.8. The highest BCUT2D eigenvalue weighted by Crippen LogP contribution is 2.39. The van der Waals surface area contributed by atoms with Crippen LogP contribution in [0.4, 0.5) is 5.00 Å². The molecule has 4 rings (SSSR count). The van der Waals surface area contributed by atoms with Crippen molar-refractivity contribution in [3.8, 4) is 17.6 Å². The van der Waals surface area contributed by atoms with Crippen LogP contribution in [-0.4, -0.2) is 20.4 Å². The summed E-state index contributed by atoms with van der Waals surface area (Å²) in [6.07, 6.45) is 6.20. The van der Waals surface area contributed by atoms with E-state index >= 15 is 0 Å². The van der Waals surface area contributed by atoms with Crippen LogP contribution >= 0.6 is 11.3 Å². The molecule has 4 nitrogen and oxygen atoms in total. The lowest BCUT2D eigenvalue weighted by Gasteiger charge is -2.10. The molecule has 1 aliphatic rings. The Balaban J connectivity index is 1.84. The van der Waals surface area contributed by atoms with Gasteiger partial charge in [0.05, 0.1) is 19.8 Å². The second kappa shape index (κ2) is 7.42. The van der Waals surface area contributed by atoms with Gasteiger partial charge in [0.15, 0.2) is 0 Å². The van der Waals surface area contributed by atoms with Crippen LogP contribution < -0.4 is 9.47 Å². The second-order valence-electron chi connectivity index (χ2n) is 6.53. The number of fused-ring (bicyclic) bond motifs is 2. The van der Waals surface area contributed by atoms with E-state index in [1.165, 1.54) is 16.9 Å². The van der Waals surface area contributed by atoms with Crippen molar-refractivity contribution >= 4 is 33.3 Å². The number of thiophene rings is 1. The summed E-state index contributed by atoms with van der Waals surface area (Å²) in [7, 11) is 3.31. The number of aryl methyl sites for hydroxylation is 1. The van der Waals surface area contributed by atoms with E-state index in [1.807, 2.05) is 36.5 Å². The van der Waals surface area contributed by atoms with E-state index in [0.29, 0.717) is 0 Å². The largest absolute Gasteiger partial charge is 0.497 e. The van der Waals surface area contributed by atoms with Crippen molar-refractivity contribution in [2.75, 3.05) is 14.2 Å². The van der Waals surface area contributed by atoms with Crippen LogP contribution in [0.2, 0.25) is 0 Å². The molecule has 0 saturated heterocycles. The van der Waals surface area contributed by atoms with Crippen LogP contribution in [0.25, 0.3) is 10.8 Å². The molecule has 0 spiro atoms. The average Bonchev–Trinajstić information content (AvgIpc) is 3.08. The smallest absolute Gasteiger partial charge is 0.134 e. The van der Waals surface area contributed by atoms with E-state index in [9.17, 15) is 5.26 Å². The summed E-state index contributed by atoms with van der Waals surface area (Å²) in [6, 6.07) is 12.3. The summed E-state index contributed by atoms with van der Waals surface area (Å²) in [5, 5.41) is 12.5. The minimum Gasteiger partial charge on any atom is -0.497 e. The van der Waals surface area contributed by atoms with Crippen LogP contribution in [0, 0.1) is 11.3 Å². The maximum absolute atomic E-state index is 9.64. The van der Waals surface area contributed by atoms with Gasteiger partial charge in [-0.25, -0.2) is 4.99 Å². The number of hydrogen-bond donors (Lipinski definition) is 0. The standard InChI is InChI=1S/C22H20N2O2S/c1-25-15-9-7-14-8-10-20(26-2)19(17(14)11-15)13-24-22-18(12-23)16-5-3-4-6-21(16)27-22/h7-11,13H,3-6H2,1-2H3. The molecule has 0 aliphatic heterocycles. The number of aliphatic imine (C=N–C) groups is 1. The maximum Gasteiger partial charge on any atom is 0.134 e. The van der Waals surface area contributed by atoms with Crippen LogP contribution in [0.3, 0.4) is 0 Å². The predicted molar refractivity (Wildman–Crippen MR) is 110 cm³/mol. The fourth-order valence-electron chi connectivity index (χ4n) is 3.62. The number of hydrogen-bond acceptors (Lipinski definition) is 5. The van der Waals surface area contributed by atoms with E-state index < -0.39 is 0 Å². The SMILES string of the molecule is COc1ccc2ccc(OC)c(C=Nc3sc4c(c3C#N)CCCC4)c2c1. The number of rotatable bonds is 4. The first-order valence-corrected chi connectivity index (χ1v) is 9.80. The highest BCUT2D eigenvalue weighted by molar-refractivity contribution is 7.16. The summed E-state index contributed by atoms with van der Waals surface area (Å²) in [5.41, 5.74) is 2.83. The highest BCUT2D eigenvalue weighted by Gasteiger charge is 2.20. The van der Waals surface area contributed by atoms with E-state index in [0.717, 1.165) is 57.7 Å². The molecular weight excluding hydrogens is 356 g/mol. The molecule has 1 aliphatic carbocycles. The zero-order valence-electron chi connectivity index (χ0n) is 15.4. The second-order valence-corrected chi connectivity index (χ2v) is 7.61. The Bertz CT molecular complexity index is 1070. The minimum atomic E-state index is 0.739. The van der Waals surface area contributed by atoms with E-state index in [1.54, 1.807) is 25.6 Å². The van der Waals surface area contributed by atoms with Gasteiger partial charge in [-0.15, -0.1) is 11.3 Å². The lowest BCUT2D eigenvalue weighted by Crippen LogP contribution is -1.99. The molecule has 1 heterocycles. The first-order valence-electron chi connectivity index (χ1n) is 8.98. The molecule has 0 bridgehead atoms. The predicted octanol–water partition coefficient (Wildman–Crippen LogP) is 5.42. The van der Waals surface area contributed by atoms with Gasteiger partial charge in [0.2, 0.25) is 0 Å². The van der Waals surface area contributed by atoms with Crippen molar-refractivity contribution < 1.29 is 9.47 Å². The Morgan fingerprint density at radius 1 is 1.11 bits per heavy atom. The molecule has 0 unspecified atom stereocenters. The summed E-state index contributed by atoms with van der Waals surface area (Å²) in [4.78, 5) is 6.03. The van der Waals surface area contributed by atoms with Crippen molar-refractivity contribution in [1.29, 1.82) is 5.26 Å². The minimum absolute atomic E-state index is 0.739. The van der Waals surface area contributed by atoms with Crippen LogP contribution in [0.15, 0.2) is 35.3 Å². The van der Waals surface area contributed by atoms with Crippen molar-refractivity contribution in [3.63, 3.8) is 0 Å². The van der Waals surface area contributed by atoms with Crippen molar-refractivity contribution in [3.05, 3.63) is 51.9 Å². The number of methoxy groups -OCH3 is 2. The Labute approximate surface area is 162 Å². The van der Waals surface area contributed by atoms with Gasteiger partial charge in [0.25, 0.3) is 0 Å². The quantitative estimate of drug-likeness (QED) is 0.571. The summed E-state index contributed by atoms with van der Waals surface area (Å²) < 4.78 is 10.9. The van der Waals surface area contributed by atoms with E-state index in [2.05, 4.69) is 6.07 Å². The van der Waals surface area contributed by atoms with Gasteiger partial charge in [-0.1, -0.05) is 12.1 Å². The fraction of sp³-hybridized carbons (Fsp3) is 0.273. The molecule has 136 valence electrons. The monoisotopic (exact) mass is 376 g/mol. The average molecular weight is 376 g/mol. The lowest BCUT2D eigenvalue weighted by atomic mass is 9.96. The Morgan fingerprint density at radius 3 is 2.70 bits per heavy atom. The molecule has 27 heavy (non-hydrogen) atoms. The Morgan fingerprint density at radius 2 is 1.93 bits per heavy atom. The van der Waals surface area contributed by atoms with Gasteiger partial charge in [-0.05, 0) is 60.2 Å². The molecule has 0 radical (unpaired) electrons. The topological polar surface area (TPSA) is 54.6 Å². The highest BCUT2D eigenvalue weighted by atomic mass is 32.1. The molecule has 0 atom stereocenters. The molecule has 0 amide bonds. The van der Waals surface area contributed by atoms with Crippen LogP contribution in [-0.2, 0) is 12.8 Å². The molecule has 3 aromatic rings. The normalized spacial score (nSPS) is 13.5. The van der Waals surface area contributed by atoms with Crippen molar-refractivity contribution in [1.82, 2.24) is 0 Å².